The molecule has 2 unspecified atom stereocenters. The highest BCUT2D eigenvalue weighted by molar-refractivity contribution is 7.88. The van der Waals surface area contributed by atoms with Crippen LogP contribution in [0.1, 0.15) is 12.5 Å². The van der Waals surface area contributed by atoms with Crippen molar-refractivity contribution in [1.29, 1.82) is 0 Å². The van der Waals surface area contributed by atoms with E-state index in [9.17, 15) is 8.42 Å². The molecule has 1 saturated heterocycles. The molecule has 6 nitrogen and oxygen atoms in total. The van der Waals surface area contributed by atoms with Crippen LogP contribution in [0.5, 0.6) is 0 Å². The molecule has 0 radical (unpaired) electrons. The molecule has 2 rings (SSSR count). The van der Waals surface area contributed by atoms with E-state index in [1.807, 2.05) is 0 Å². The average Bonchev–Trinajstić information content (AvgIpc) is 2.40. The van der Waals surface area contributed by atoms with E-state index in [0.29, 0.717) is 17.8 Å². The van der Waals surface area contributed by atoms with E-state index in [-0.39, 0.29) is 25.0 Å². The fourth-order valence-corrected chi connectivity index (χ4v) is 3.95. The Balaban J connectivity index is 2.16. The molecule has 1 aliphatic heterocycles. The van der Waals surface area contributed by atoms with Crippen LogP contribution in [0.4, 0.5) is 5.69 Å². The number of aliphatic hydroxyl groups is 1. The summed E-state index contributed by atoms with van der Waals surface area (Å²) in [5.41, 5.74) is 6.85. The van der Waals surface area contributed by atoms with Crippen molar-refractivity contribution in [2.24, 2.45) is 0 Å². The minimum Gasteiger partial charge on any atom is -0.398 e. The van der Waals surface area contributed by atoms with Crippen molar-refractivity contribution in [3.8, 4) is 0 Å². The molecule has 0 aliphatic carbocycles. The van der Waals surface area contributed by atoms with E-state index in [4.69, 9.17) is 15.6 Å². The van der Waals surface area contributed by atoms with Crippen LogP contribution >= 0.6 is 0 Å². The quantitative estimate of drug-likeness (QED) is 0.774. The third-order valence-electron chi connectivity index (χ3n) is 3.28. The van der Waals surface area contributed by atoms with Crippen molar-refractivity contribution < 1.29 is 18.3 Å². The Labute approximate surface area is 119 Å². The molecule has 1 heterocycles. The van der Waals surface area contributed by atoms with Crippen LogP contribution < -0.4 is 5.73 Å². The first-order chi connectivity index (χ1) is 9.42. The maximum Gasteiger partial charge on any atom is 0.218 e. The Kier molecular flexibility index (Phi) is 4.64. The van der Waals surface area contributed by atoms with Crippen LogP contribution in [-0.4, -0.2) is 49.7 Å². The van der Waals surface area contributed by atoms with Crippen molar-refractivity contribution in [2.45, 2.75) is 24.9 Å². The van der Waals surface area contributed by atoms with Crippen LogP contribution in [0.2, 0.25) is 0 Å². The average molecular weight is 300 g/mol. The molecular weight excluding hydrogens is 280 g/mol. The lowest BCUT2D eigenvalue weighted by Gasteiger charge is -2.35. The molecule has 0 saturated carbocycles. The standard InChI is InChI=1S/C13H20N2O4S/c1-10-6-15(7-12(8-16)19-10)20(17,18)9-11-4-2-3-5-13(11)14/h2-5,10,12,16H,6-9,14H2,1H3. The van der Waals surface area contributed by atoms with Gasteiger partial charge >= 0.3 is 0 Å². The number of hydrogen-bond donors (Lipinski definition) is 2. The zero-order chi connectivity index (χ0) is 14.8. The first kappa shape index (κ1) is 15.2. The minimum absolute atomic E-state index is 0.134. The van der Waals surface area contributed by atoms with Gasteiger partial charge in [0.1, 0.15) is 0 Å². The number of nitrogens with zero attached hydrogens (tertiary/aromatic N) is 1. The van der Waals surface area contributed by atoms with Gasteiger partial charge in [0.05, 0.1) is 24.6 Å². The van der Waals surface area contributed by atoms with Crippen LogP contribution in [0, 0.1) is 0 Å². The summed E-state index contributed by atoms with van der Waals surface area (Å²) in [7, 11) is -3.47. The van der Waals surface area contributed by atoms with Gasteiger partial charge in [-0.1, -0.05) is 18.2 Å². The monoisotopic (exact) mass is 300 g/mol. The van der Waals surface area contributed by atoms with Crippen molar-refractivity contribution in [3.63, 3.8) is 0 Å². The number of hydrogen-bond acceptors (Lipinski definition) is 5. The number of morpholine rings is 1. The molecule has 3 N–H and O–H groups in total. The molecular formula is C13H20N2O4S. The Morgan fingerprint density at radius 3 is 2.75 bits per heavy atom. The fraction of sp³-hybridized carbons (Fsp3) is 0.538. The summed E-state index contributed by atoms with van der Waals surface area (Å²) in [6, 6.07) is 6.92. The summed E-state index contributed by atoms with van der Waals surface area (Å²) >= 11 is 0. The summed E-state index contributed by atoms with van der Waals surface area (Å²) in [6.07, 6.45) is -0.703. The first-order valence-corrected chi connectivity index (χ1v) is 8.11. The van der Waals surface area contributed by atoms with Gasteiger partial charge < -0.3 is 15.6 Å². The highest BCUT2D eigenvalue weighted by Crippen LogP contribution is 2.20. The van der Waals surface area contributed by atoms with Gasteiger partial charge in [0.2, 0.25) is 10.0 Å². The highest BCUT2D eigenvalue weighted by Gasteiger charge is 2.32. The Morgan fingerprint density at radius 1 is 1.40 bits per heavy atom. The Morgan fingerprint density at radius 2 is 2.10 bits per heavy atom. The lowest BCUT2D eigenvalue weighted by molar-refractivity contribution is -0.0750. The second-order valence-electron chi connectivity index (χ2n) is 5.02. The summed E-state index contributed by atoms with van der Waals surface area (Å²) < 4.78 is 31.7. The minimum atomic E-state index is -3.47. The largest absolute Gasteiger partial charge is 0.398 e. The Hall–Kier alpha value is -1.15. The molecule has 7 heteroatoms. The summed E-state index contributed by atoms with van der Waals surface area (Å²) in [5, 5.41) is 9.16. The molecule has 1 aromatic rings. The zero-order valence-electron chi connectivity index (χ0n) is 11.4. The van der Waals surface area contributed by atoms with Crippen molar-refractivity contribution in [3.05, 3.63) is 29.8 Å². The summed E-state index contributed by atoms with van der Waals surface area (Å²) in [5.74, 6) is -0.134. The van der Waals surface area contributed by atoms with Crippen LogP contribution in [-0.2, 0) is 20.5 Å². The highest BCUT2D eigenvalue weighted by atomic mass is 32.2. The molecule has 1 fully saturated rings. The van der Waals surface area contributed by atoms with Gasteiger partial charge in [-0.15, -0.1) is 0 Å². The second kappa shape index (κ2) is 6.09. The zero-order valence-corrected chi connectivity index (χ0v) is 12.2. The van der Waals surface area contributed by atoms with Gasteiger partial charge in [0.15, 0.2) is 0 Å². The van der Waals surface area contributed by atoms with Gasteiger partial charge in [-0.25, -0.2) is 8.42 Å². The SMILES string of the molecule is CC1CN(S(=O)(=O)Cc2ccccc2N)CC(CO)O1. The molecule has 1 aliphatic rings. The van der Waals surface area contributed by atoms with Crippen molar-refractivity contribution in [2.75, 3.05) is 25.4 Å². The third-order valence-corrected chi connectivity index (χ3v) is 5.04. The van der Waals surface area contributed by atoms with Gasteiger partial charge in [-0.05, 0) is 18.6 Å². The fourth-order valence-electron chi connectivity index (χ4n) is 2.28. The molecule has 112 valence electrons. The van der Waals surface area contributed by atoms with Gasteiger partial charge in [0.25, 0.3) is 0 Å². The number of anilines is 1. The number of rotatable bonds is 4. The van der Waals surface area contributed by atoms with Crippen LogP contribution in [0.3, 0.4) is 0 Å². The van der Waals surface area contributed by atoms with Crippen LogP contribution in [0.25, 0.3) is 0 Å². The number of aliphatic hydroxyl groups excluding tert-OH is 1. The van der Waals surface area contributed by atoms with E-state index >= 15 is 0 Å². The second-order valence-corrected chi connectivity index (χ2v) is 6.99. The van der Waals surface area contributed by atoms with E-state index in [1.54, 1.807) is 31.2 Å². The van der Waals surface area contributed by atoms with Gasteiger partial charge in [-0.3, -0.25) is 0 Å². The number of nitrogens with two attached hydrogens (primary N) is 1. The predicted octanol–water partition coefficient (Wildman–Crippen LogP) is 0.180. The topological polar surface area (TPSA) is 92.9 Å². The number of sulfonamides is 1. The van der Waals surface area contributed by atoms with E-state index in [1.165, 1.54) is 4.31 Å². The molecule has 20 heavy (non-hydrogen) atoms. The van der Waals surface area contributed by atoms with Crippen LogP contribution in [0.15, 0.2) is 24.3 Å². The van der Waals surface area contributed by atoms with E-state index < -0.39 is 16.1 Å². The molecule has 0 bridgehead atoms. The van der Waals surface area contributed by atoms with Crippen molar-refractivity contribution >= 4 is 15.7 Å². The smallest absolute Gasteiger partial charge is 0.218 e. The Bertz CT molecular complexity index is 561. The summed E-state index contributed by atoms with van der Waals surface area (Å²) in [4.78, 5) is 0. The molecule has 0 amide bonds. The number of benzene rings is 1. The normalized spacial score (nSPS) is 24.7. The molecule has 0 aromatic heterocycles. The maximum absolute atomic E-state index is 12.4. The number of ether oxygens (including phenoxy) is 1. The maximum atomic E-state index is 12.4. The molecule has 2 atom stereocenters. The number of para-hydroxylation sites is 1. The predicted molar refractivity (Wildman–Crippen MR) is 76.5 cm³/mol. The van der Waals surface area contributed by atoms with E-state index in [2.05, 4.69) is 0 Å². The first-order valence-electron chi connectivity index (χ1n) is 6.50. The van der Waals surface area contributed by atoms with Gasteiger partial charge in [0, 0.05) is 18.8 Å². The number of nitrogen functional groups attached to an aromatic ring is 1. The third kappa shape index (κ3) is 3.49. The summed E-state index contributed by atoms with van der Waals surface area (Å²) in [6.45, 7) is 2.08. The lowest BCUT2D eigenvalue weighted by atomic mass is 10.2. The molecule has 1 aromatic carbocycles. The van der Waals surface area contributed by atoms with Crippen molar-refractivity contribution in [1.82, 2.24) is 4.31 Å². The molecule has 0 spiro atoms. The lowest BCUT2D eigenvalue weighted by Crippen LogP contribution is -2.50. The van der Waals surface area contributed by atoms with Gasteiger partial charge in [-0.2, -0.15) is 4.31 Å². The van der Waals surface area contributed by atoms with E-state index in [0.717, 1.165) is 0 Å².